The highest BCUT2D eigenvalue weighted by Gasteiger charge is 2.32. The van der Waals surface area contributed by atoms with Gasteiger partial charge in [-0.1, -0.05) is 13.3 Å². The van der Waals surface area contributed by atoms with Crippen LogP contribution in [0.3, 0.4) is 0 Å². The van der Waals surface area contributed by atoms with Gasteiger partial charge in [0.15, 0.2) is 0 Å². The fourth-order valence-corrected chi connectivity index (χ4v) is 2.52. The van der Waals surface area contributed by atoms with Crippen molar-refractivity contribution in [1.82, 2.24) is 15.1 Å². The SMILES string of the molecule is CCCC(NC(=O)N1CCN(C2CC2)CC1)C(=O)O. The van der Waals surface area contributed by atoms with E-state index < -0.39 is 12.0 Å². The molecule has 1 unspecified atom stereocenters. The van der Waals surface area contributed by atoms with E-state index in [0.29, 0.717) is 19.5 Å². The smallest absolute Gasteiger partial charge is 0.326 e. The van der Waals surface area contributed by atoms with Gasteiger partial charge < -0.3 is 15.3 Å². The molecule has 2 N–H and O–H groups in total. The van der Waals surface area contributed by atoms with E-state index in [0.717, 1.165) is 25.6 Å². The van der Waals surface area contributed by atoms with Crippen LogP contribution in [0, 0.1) is 0 Å². The Hall–Kier alpha value is -1.30. The summed E-state index contributed by atoms with van der Waals surface area (Å²) in [5.41, 5.74) is 0. The van der Waals surface area contributed by atoms with Crippen LogP contribution < -0.4 is 5.32 Å². The summed E-state index contributed by atoms with van der Waals surface area (Å²) in [5, 5.41) is 11.6. The number of amides is 2. The van der Waals surface area contributed by atoms with Crippen molar-refractivity contribution >= 4 is 12.0 Å². The van der Waals surface area contributed by atoms with Gasteiger partial charge in [0.2, 0.25) is 0 Å². The monoisotopic (exact) mass is 269 g/mol. The number of carbonyl (C=O) groups is 2. The number of hydrogen-bond acceptors (Lipinski definition) is 3. The zero-order valence-electron chi connectivity index (χ0n) is 11.5. The van der Waals surface area contributed by atoms with E-state index in [1.165, 1.54) is 12.8 Å². The first-order valence-corrected chi connectivity index (χ1v) is 7.14. The summed E-state index contributed by atoms with van der Waals surface area (Å²) in [5.74, 6) is -0.952. The topological polar surface area (TPSA) is 72.9 Å². The number of piperazine rings is 1. The van der Waals surface area contributed by atoms with Gasteiger partial charge in [-0.2, -0.15) is 0 Å². The summed E-state index contributed by atoms with van der Waals surface area (Å²) < 4.78 is 0. The van der Waals surface area contributed by atoms with Crippen molar-refractivity contribution in [2.45, 2.75) is 44.7 Å². The van der Waals surface area contributed by atoms with Gasteiger partial charge in [-0.15, -0.1) is 0 Å². The second-order valence-electron chi connectivity index (χ2n) is 5.38. The summed E-state index contributed by atoms with van der Waals surface area (Å²) in [7, 11) is 0. The number of nitrogens with one attached hydrogen (secondary N) is 1. The standard InChI is InChI=1S/C13H23N3O3/c1-2-3-11(12(17)18)14-13(19)16-8-6-15(7-9-16)10-4-5-10/h10-11H,2-9H2,1H3,(H,14,19)(H,17,18). The van der Waals surface area contributed by atoms with Crippen LogP contribution in [0.5, 0.6) is 0 Å². The van der Waals surface area contributed by atoms with E-state index in [-0.39, 0.29) is 6.03 Å². The molecule has 2 fully saturated rings. The second kappa shape index (κ2) is 6.23. The van der Waals surface area contributed by atoms with E-state index in [2.05, 4.69) is 10.2 Å². The molecule has 2 rings (SSSR count). The van der Waals surface area contributed by atoms with Crippen LogP contribution >= 0.6 is 0 Å². The second-order valence-corrected chi connectivity index (χ2v) is 5.38. The molecule has 2 amide bonds. The lowest BCUT2D eigenvalue weighted by molar-refractivity contribution is -0.139. The molecule has 1 aliphatic carbocycles. The molecule has 1 aliphatic heterocycles. The van der Waals surface area contributed by atoms with Gasteiger partial charge in [-0.25, -0.2) is 9.59 Å². The fraction of sp³-hybridized carbons (Fsp3) is 0.846. The first-order valence-electron chi connectivity index (χ1n) is 7.14. The van der Waals surface area contributed by atoms with E-state index in [1.807, 2.05) is 6.92 Å². The summed E-state index contributed by atoms with van der Waals surface area (Å²) in [6.07, 6.45) is 3.78. The minimum atomic E-state index is -0.952. The number of carboxylic acid groups (broad SMARTS) is 1. The van der Waals surface area contributed by atoms with Gasteiger partial charge in [0.05, 0.1) is 0 Å². The molecule has 1 atom stereocenters. The van der Waals surface area contributed by atoms with Gasteiger partial charge >= 0.3 is 12.0 Å². The minimum Gasteiger partial charge on any atom is -0.480 e. The number of rotatable bonds is 5. The summed E-state index contributed by atoms with van der Waals surface area (Å²) in [6.45, 7) is 5.12. The highest BCUT2D eigenvalue weighted by Crippen LogP contribution is 2.27. The zero-order valence-corrected chi connectivity index (χ0v) is 11.5. The molecule has 0 aromatic rings. The van der Waals surface area contributed by atoms with Crippen molar-refractivity contribution in [3.05, 3.63) is 0 Å². The lowest BCUT2D eigenvalue weighted by Crippen LogP contribution is -2.54. The van der Waals surface area contributed by atoms with Gasteiger partial charge in [0.1, 0.15) is 6.04 Å². The Morgan fingerprint density at radius 3 is 2.37 bits per heavy atom. The average molecular weight is 269 g/mol. The molecule has 0 aromatic carbocycles. The Labute approximate surface area is 113 Å². The molecule has 6 heteroatoms. The fourth-order valence-electron chi connectivity index (χ4n) is 2.52. The molecule has 0 spiro atoms. The van der Waals surface area contributed by atoms with Crippen LogP contribution in [0.1, 0.15) is 32.6 Å². The minimum absolute atomic E-state index is 0.240. The van der Waals surface area contributed by atoms with Crippen molar-refractivity contribution in [2.75, 3.05) is 26.2 Å². The molecular weight excluding hydrogens is 246 g/mol. The number of hydrogen-bond donors (Lipinski definition) is 2. The van der Waals surface area contributed by atoms with Gasteiger partial charge in [-0.3, -0.25) is 4.90 Å². The zero-order chi connectivity index (χ0) is 13.8. The average Bonchev–Trinajstić information content (AvgIpc) is 3.22. The molecular formula is C13H23N3O3. The third kappa shape index (κ3) is 3.83. The molecule has 1 heterocycles. The molecule has 0 bridgehead atoms. The molecule has 0 aromatic heterocycles. The van der Waals surface area contributed by atoms with E-state index in [4.69, 9.17) is 5.11 Å². The van der Waals surface area contributed by atoms with E-state index in [9.17, 15) is 9.59 Å². The highest BCUT2D eigenvalue weighted by atomic mass is 16.4. The van der Waals surface area contributed by atoms with Gasteiger partial charge in [0.25, 0.3) is 0 Å². The predicted octanol–water partition coefficient (Wildman–Crippen LogP) is 0.729. The number of nitrogens with zero attached hydrogens (tertiary/aromatic N) is 2. The Morgan fingerprint density at radius 1 is 1.26 bits per heavy atom. The van der Waals surface area contributed by atoms with Crippen LogP contribution in [0.2, 0.25) is 0 Å². The molecule has 6 nitrogen and oxygen atoms in total. The Kier molecular flexibility index (Phi) is 4.63. The normalized spacial score (nSPS) is 22.1. The van der Waals surface area contributed by atoms with Crippen molar-refractivity contribution in [3.8, 4) is 0 Å². The van der Waals surface area contributed by atoms with E-state index >= 15 is 0 Å². The Bertz CT molecular complexity index is 336. The molecule has 1 saturated carbocycles. The summed E-state index contributed by atoms with van der Waals surface area (Å²) in [4.78, 5) is 27.2. The summed E-state index contributed by atoms with van der Waals surface area (Å²) >= 11 is 0. The maximum atomic E-state index is 12.0. The number of carbonyl (C=O) groups excluding carboxylic acids is 1. The molecule has 19 heavy (non-hydrogen) atoms. The Balaban J connectivity index is 1.77. The quantitative estimate of drug-likeness (QED) is 0.771. The maximum Gasteiger partial charge on any atom is 0.326 e. The van der Waals surface area contributed by atoms with Crippen LogP contribution in [0.15, 0.2) is 0 Å². The predicted molar refractivity (Wildman–Crippen MR) is 71.0 cm³/mol. The maximum absolute atomic E-state index is 12.0. The first-order chi connectivity index (χ1) is 9.11. The van der Waals surface area contributed by atoms with Gasteiger partial charge in [0, 0.05) is 32.2 Å². The van der Waals surface area contributed by atoms with Crippen LogP contribution in [-0.4, -0.2) is 65.2 Å². The van der Waals surface area contributed by atoms with Crippen molar-refractivity contribution in [3.63, 3.8) is 0 Å². The van der Waals surface area contributed by atoms with Crippen molar-refractivity contribution in [2.24, 2.45) is 0 Å². The third-order valence-electron chi connectivity index (χ3n) is 3.84. The van der Waals surface area contributed by atoms with Gasteiger partial charge in [-0.05, 0) is 19.3 Å². The van der Waals surface area contributed by atoms with Crippen molar-refractivity contribution in [1.29, 1.82) is 0 Å². The molecule has 108 valence electrons. The number of aliphatic carboxylic acids is 1. The van der Waals surface area contributed by atoms with Crippen LogP contribution in [0.4, 0.5) is 4.79 Å². The summed E-state index contributed by atoms with van der Waals surface area (Å²) in [6, 6.07) is -0.271. The third-order valence-corrected chi connectivity index (χ3v) is 3.84. The molecule has 2 aliphatic rings. The largest absolute Gasteiger partial charge is 0.480 e. The lowest BCUT2D eigenvalue weighted by Gasteiger charge is -2.35. The Morgan fingerprint density at radius 2 is 1.89 bits per heavy atom. The lowest BCUT2D eigenvalue weighted by atomic mass is 10.2. The number of carboxylic acids is 1. The molecule has 1 saturated heterocycles. The van der Waals surface area contributed by atoms with E-state index in [1.54, 1.807) is 4.90 Å². The number of urea groups is 1. The van der Waals surface area contributed by atoms with Crippen LogP contribution in [0.25, 0.3) is 0 Å². The van der Waals surface area contributed by atoms with Crippen molar-refractivity contribution < 1.29 is 14.7 Å². The first kappa shape index (κ1) is 14.1. The molecule has 0 radical (unpaired) electrons. The van der Waals surface area contributed by atoms with Crippen LogP contribution in [-0.2, 0) is 4.79 Å². The highest BCUT2D eigenvalue weighted by molar-refractivity contribution is 5.82.